The van der Waals surface area contributed by atoms with E-state index in [4.69, 9.17) is 10.00 Å². The monoisotopic (exact) mass is 273 g/mol. The second kappa shape index (κ2) is 7.28. The van der Waals surface area contributed by atoms with Crippen LogP contribution in [0.5, 0.6) is 5.75 Å². The van der Waals surface area contributed by atoms with E-state index in [0.717, 1.165) is 26.2 Å². The molecule has 1 aliphatic rings. The maximum atomic E-state index is 9.14. The van der Waals surface area contributed by atoms with Crippen LogP contribution in [0.2, 0.25) is 0 Å². The van der Waals surface area contributed by atoms with E-state index in [9.17, 15) is 0 Å². The second-order valence-corrected chi connectivity index (χ2v) is 5.27. The van der Waals surface area contributed by atoms with Crippen molar-refractivity contribution >= 4 is 0 Å². The first kappa shape index (κ1) is 14.8. The van der Waals surface area contributed by atoms with Crippen molar-refractivity contribution in [1.29, 1.82) is 5.26 Å². The average molecular weight is 273 g/mol. The van der Waals surface area contributed by atoms with Gasteiger partial charge in [0.1, 0.15) is 11.8 Å². The van der Waals surface area contributed by atoms with Crippen molar-refractivity contribution in [3.63, 3.8) is 0 Å². The number of nitrogens with one attached hydrogen (secondary N) is 1. The third-order valence-electron chi connectivity index (χ3n) is 3.88. The number of hydrogen-bond acceptors (Lipinski definition) is 4. The molecule has 0 aliphatic carbocycles. The van der Waals surface area contributed by atoms with Crippen LogP contribution in [-0.2, 0) is 6.54 Å². The Hall–Kier alpha value is -1.57. The fourth-order valence-corrected chi connectivity index (χ4v) is 2.73. The van der Waals surface area contributed by atoms with Crippen LogP contribution in [0.3, 0.4) is 0 Å². The quantitative estimate of drug-likeness (QED) is 0.862. The Labute approximate surface area is 121 Å². The molecule has 0 radical (unpaired) electrons. The minimum atomic E-state index is 0.611. The maximum absolute atomic E-state index is 9.14. The van der Waals surface area contributed by atoms with Crippen LogP contribution < -0.4 is 10.1 Å². The summed E-state index contributed by atoms with van der Waals surface area (Å²) in [6, 6.07) is 8.67. The summed E-state index contributed by atoms with van der Waals surface area (Å²) in [6.07, 6.45) is 2.55. The molecule has 108 valence electrons. The Morgan fingerprint density at radius 1 is 1.50 bits per heavy atom. The van der Waals surface area contributed by atoms with Gasteiger partial charge in [-0.1, -0.05) is 13.0 Å². The first-order valence-corrected chi connectivity index (χ1v) is 7.29. The molecule has 4 nitrogen and oxygen atoms in total. The molecule has 2 rings (SSSR count). The number of ether oxygens (including phenoxy) is 1. The summed E-state index contributed by atoms with van der Waals surface area (Å²) in [4.78, 5) is 2.42. The van der Waals surface area contributed by atoms with E-state index in [0.29, 0.717) is 17.4 Å². The van der Waals surface area contributed by atoms with Gasteiger partial charge in [0, 0.05) is 19.1 Å². The highest BCUT2D eigenvalue weighted by Crippen LogP contribution is 2.20. The zero-order valence-electron chi connectivity index (χ0n) is 12.4. The molecule has 1 saturated heterocycles. The summed E-state index contributed by atoms with van der Waals surface area (Å²) < 4.78 is 5.18. The lowest BCUT2D eigenvalue weighted by Gasteiger charge is -2.24. The summed E-state index contributed by atoms with van der Waals surface area (Å²) in [5, 5.41) is 12.7. The van der Waals surface area contributed by atoms with Gasteiger partial charge in [-0.05, 0) is 43.6 Å². The topological polar surface area (TPSA) is 48.3 Å². The van der Waals surface area contributed by atoms with Crippen LogP contribution >= 0.6 is 0 Å². The number of likely N-dealkylation sites (N-methyl/N-ethyl adjacent to an activating group) is 1. The predicted octanol–water partition coefficient (Wildman–Crippen LogP) is 2.14. The molecule has 1 atom stereocenters. The van der Waals surface area contributed by atoms with E-state index < -0.39 is 0 Å². The Bertz CT molecular complexity index is 475. The van der Waals surface area contributed by atoms with Gasteiger partial charge in [-0.15, -0.1) is 0 Å². The van der Waals surface area contributed by atoms with E-state index in [-0.39, 0.29) is 0 Å². The van der Waals surface area contributed by atoms with Crippen molar-refractivity contribution in [2.24, 2.45) is 0 Å². The number of rotatable bonds is 6. The lowest BCUT2D eigenvalue weighted by Crippen LogP contribution is -2.37. The Morgan fingerprint density at radius 3 is 2.95 bits per heavy atom. The predicted molar refractivity (Wildman–Crippen MR) is 79.7 cm³/mol. The zero-order valence-corrected chi connectivity index (χ0v) is 12.4. The molecule has 1 N–H and O–H groups in total. The minimum absolute atomic E-state index is 0.611. The number of benzene rings is 1. The van der Waals surface area contributed by atoms with Crippen molar-refractivity contribution in [2.75, 3.05) is 26.7 Å². The summed E-state index contributed by atoms with van der Waals surface area (Å²) in [6.45, 7) is 6.30. The Morgan fingerprint density at radius 2 is 2.35 bits per heavy atom. The first-order chi connectivity index (χ1) is 9.76. The smallest absolute Gasteiger partial charge is 0.136 e. The van der Waals surface area contributed by atoms with Gasteiger partial charge >= 0.3 is 0 Å². The van der Waals surface area contributed by atoms with Crippen LogP contribution in [0.1, 0.15) is 30.9 Å². The molecule has 0 saturated carbocycles. The molecular weight excluding hydrogens is 250 g/mol. The third-order valence-corrected chi connectivity index (χ3v) is 3.88. The van der Waals surface area contributed by atoms with Gasteiger partial charge < -0.3 is 10.1 Å². The van der Waals surface area contributed by atoms with E-state index >= 15 is 0 Å². The van der Waals surface area contributed by atoms with E-state index in [1.54, 1.807) is 7.11 Å². The van der Waals surface area contributed by atoms with Gasteiger partial charge in [0.15, 0.2) is 0 Å². The maximum Gasteiger partial charge on any atom is 0.136 e. The Kier molecular flexibility index (Phi) is 5.40. The molecule has 0 aromatic heterocycles. The molecule has 1 aliphatic heterocycles. The molecule has 20 heavy (non-hydrogen) atoms. The van der Waals surface area contributed by atoms with Gasteiger partial charge in [-0.2, -0.15) is 5.26 Å². The van der Waals surface area contributed by atoms with Gasteiger partial charge in [-0.3, -0.25) is 4.90 Å². The molecule has 4 heteroatoms. The molecule has 1 heterocycles. The summed E-state index contributed by atoms with van der Waals surface area (Å²) in [5.74, 6) is 0.650. The van der Waals surface area contributed by atoms with Gasteiger partial charge in [0.25, 0.3) is 0 Å². The molecule has 1 unspecified atom stereocenters. The first-order valence-electron chi connectivity index (χ1n) is 7.29. The van der Waals surface area contributed by atoms with Crippen LogP contribution in [0.15, 0.2) is 18.2 Å². The van der Waals surface area contributed by atoms with Crippen LogP contribution in [0, 0.1) is 11.3 Å². The van der Waals surface area contributed by atoms with Crippen molar-refractivity contribution in [2.45, 2.75) is 32.4 Å². The highest BCUT2D eigenvalue weighted by Gasteiger charge is 2.17. The molecule has 0 amide bonds. The molecule has 1 fully saturated rings. The molecule has 0 spiro atoms. The molecule has 1 aromatic carbocycles. The van der Waals surface area contributed by atoms with Crippen molar-refractivity contribution < 1.29 is 4.74 Å². The second-order valence-electron chi connectivity index (χ2n) is 5.27. The van der Waals surface area contributed by atoms with E-state index in [2.05, 4.69) is 23.2 Å². The summed E-state index contributed by atoms with van der Waals surface area (Å²) in [5.41, 5.74) is 1.78. The molecule has 1 aromatic rings. The lowest BCUT2D eigenvalue weighted by molar-refractivity contribution is 0.253. The number of methoxy groups -OCH3 is 1. The fraction of sp³-hybridized carbons (Fsp3) is 0.562. The van der Waals surface area contributed by atoms with Crippen LogP contribution in [0.4, 0.5) is 0 Å². The standard InChI is InChI=1S/C16H23N3O/c1-3-19(12-15-5-4-8-18-15)11-13-6-7-16(20-2)14(9-13)10-17/h6-7,9,15,18H,3-5,8,11-12H2,1-2H3. The summed E-state index contributed by atoms with van der Waals surface area (Å²) in [7, 11) is 1.60. The van der Waals surface area contributed by atoms with Crippen molar-refractivity contribution in [3.05, 3.63) is 29.3 Å². The summed E-state index contributed by atoms with van der Waals surface area (Å²) >= 11 is 0. The molecule has 0 bridgehead atoms. The highest BCUT2D eigenvalue weighted by atomic mass is 16.5. The van der Waals surface area contributed by atoms with Gasteiger partial charge in [0.2, 0.25) is 0 Å². The van der Waals surface area contributed by atoms with Crippen molar-refractivity contribution in [1.82, 2.24) is 10.2 Å². The normalized spacial score (nSPS) is 18.2. The van der Waals surface area contributed by atoms with E-state index in [1.165, 1.54) is 18.4 Å². The number of nitrogens with zero attached hydrogens (tertiary/aromatic N) is 2. The molecular formula is C16H23N3O. The highest BCUT2D eigenvalue weighted by molar-refractivity contribution is 5.45. The number of hydrogen-bond donors (Lipinski definition) is 1. The SMILES string of the molecule is CCN(Cc1ccc(OC)c(C#N)c1)CC1CCCN1. The fourth-order valence-electron chi connectivity index (χ4n) is 2.73. The largest absolute Gasteiger partial charge is 0.495 e. The van der Waals surface area contributed by atoms with E-state index in [1.807, 2.05) is 18.2 Å². The van der Waals surface area contributed by atoms with Gasteiger partial charge in [0.05, 0.1) is 12.7 Å². The number of nitriles is 1. The zero-order chi connectivity index (χ0) is 14.4. The lowest BCUT2D eigenvalue weighted by atomic mass is 10.1. The van der Waals surface area contributed by atoms with Crippen molar-refractivity contribution in [3.8, 4) is 11.8 Å². The Balaban J connectivity index is 2.01. The minimum Gasteiger partial charge on any atom is -0.495 e. The van der Waals surface area contributed by atoms with Crippen LogP contribution in [-0.4, -0.2) is 37.7 Å². The average Bonchev–Trinajstić information content (AvgIpc) is 2.99. The van der Waals surface area contributed by atoms with Crippen LogP contribution in [0.25, 0.3) is 0 Å². The van der Waals surface area contributed by atoms with Gasteiger partial charge in [-0.25, -0.2) is 0 Å². The third kappa shape index (κ3) is 3.72.